The quantitative estimate of drug-likeness (QED) is 0.607. The van der Waals surface area contributed by atoms with E-state index in [1.54, 1.807) is 13.8 Å². The van der Waals surface area contributed by atoms with Crippen molar-refractivity contribution in [2.45, 2.75) is 20.8 Å². The van der Waals surface area contributed by atoms with E-state index in [0.717, 1.165) is 0 Å². The lowest BCUT2D eigenvalue weighted by Gasteiger charge is -1.89. The van der Waals surface area contributed by atoms with E-state index in [4.69, 9.17) is 0 Å². The number of rotatable bonds is 2. The van der Waals surface area contributed by atoms with Crippen molar-refractivity contribution in [3.63, 3.8) is 0 Å². The Labute approximate surface area is 73.8 Å². The van der Waals surface area contributed by atoms with Crippen LogP contribution in [0.5, 0.6) is 0 Å². The highest BCUT2D eigenvalue weighted by Crippen LogP contribution is 1.75. The first-order chi connectivity index (χ1) is 5.33. The average molecular weight is 196 g/mol. The van der Waals surface area contributed by atoms with Gasteiger partial charge in [0.05, 0.1) is 6.61 Å². The van der Waals surface area contributed by atoms with Crippen LogP contribution in [0.1, 0.15) is 20.8 Å². The molecule has 5 heteroatoms. The molecule has 4 nitrogen and oxygen atoms in total. The van der Waals surface area contributed by atoms with E-state index >= 15 is 0 Å². The van der Waals surface area contributed by atoms with Crippen molar-refractivity contribution >= 4 is 15.8 Å². The molecule has 74 valence electrons. The fraction of sp³-hybridized carbons (Fsp3) is 0.857. The molecule has 0 saturated carbocycles. The smallest absolute Gasteiger partial charge is 0.302 e. The van der Waals surface area contributed by atoms with Gasteiger partial charge < -0.3 is 4.74 Å². The first kappa shape index (κ1) is 14.0. The molecular weight excluding hydrogens is 180 g/mol. The summed E-state index contributed by atoms with van der Waals surface area (Å²) in [7, 11) is -2.66. The third-order valence-corrected chi connectivity index (χ3v) is 1.92. The highest BCUT2D eigenvalue weighted by molar-refractivity contribution is 7.90. The molecule has 0 bridgehead atoms. The van der Waals surface area contributed by atoms with Gasteiger partial charge in [0.2, 0.25) is 0 Å². The van der Waals surface area contributed by atoms with Gasteiger partial charge in [0.15, 0.2) is 0 Å². The molecule has 0 amide bonds. The molecule has 0 atom stereocenters. The Morgan fingerprint density at radius 2 is 1.67 bits per heavy atom. The van der Waals surface area contributed by atoms with Crippen LogP contribution >= 0.6 is 0 Å². The van der Waals surface area contributed by atoms with E-state index in [-0.39, 0.29) is 11.7 Å². The largest absolute Gasteiger partial charge is 0.466 e. The van der Waals surface area contributed by atoms with Crippen LogP contribution < -0.4 is 0 Å². The van der Waals surface area contributed by atoms with Gasteiger partial charge in [0.25, 0.3) is 0 Å². The molecule has 0 aromatic rings. The Morgan fingerprint density at radius 1 is 1.33 bits per heavy atom. The maximum atomic E-state index is 10.0. The molecule has 0 aromatic heterocycles. The van der Waals surface area contributed by atoms with E-state index in [1.807, 2.05) is 0 Å². The van der Waals surface area contributed by atoms with Crippen molar-refractivity contribution in [3.8, 4) is 0 Å². The van der Waals surface area contributed by atoms with Gasteiger partial charge in [-0.15, -0.1) is 0 Å². The molecule has 0 aliphatic rings. The predicted octanol–water partition coefficient (Wildman–Crippen LogP) is 0.620. The van der Waals surface area contributed by atoms with Gasteiger partial charge in [0.1, 0.15) is 9.84 Å². The highest BCUT2D eigenvalue weighted by Gasteiger charge is 1.90. The van der Waals surface area contributed by atoms with Crippen LogP contribution in [0.4, 0.5) is 0 Å². The monoisotopic (exact) mass is 196 g/mol. The summed E-state index contributed by atoms with van der Waals surface area (Å²) < 4.78 is 24.4. The summed E-state index contributed by atoms with van der Waals surface area (Å²) in [6, 6.07) is 0. The fourth-order valence-corrected chi connectivity index (χ4v) is 0.203. The molecule has 0 heterocycles. The Kier molecular flexibility index (Phi) is 8.26. The molecule has 0 aliphatic heterocycles. The Morgan fingerprint density at radius 3 is 1.67 bits per heavy atom. The van der Waals surface area contributed by atoms with Gasteiger partial charge in [-0.05, 0) is 6.92 Å². The van der Waals surface area contributed by atoms with Crippen LogP contribution in [-0.4, -0.2) is 33.0 Å². The molecule has 0 spiro atoms. The number of hydrogen-bond donors (Lipinski definition) is 0. The van der Waals surface area contributed by atoms with Crippen LogP contribution in [0.15, 0.2) is 0 Å². The van der Waals surface area contributed by atoms with Crippen molar-refractivity contribution in [3.05, 3.63) is 0 Å². The van der Waals surface area contributed by atoms with Crippen molar-refractivity contribution in [1.82, 2.24) is 0 Å². The minimum Gasteiger partial charge on any atom is -0.466 e. The number of carbonyl (C=O) groups is 1. The number of sulfone groups is 1. The van der Waals surface area contributed by atoms with Crippen LogP contribution in [0, 0.1) is 0 Å². The number of esters is 1. The third-order valence-electron chi connectivity index (χ3n) is 0.872. The molecule has 0 aliphatic carbocycles. The number of ether oxygens (including phenoxy) is 1. The summed E-state index contributed by atoms with van der Waals surface area (Å²) in [4.78, 5) is 9.82. The lowest BCUT2D eigenvalue weighted by molar-refractivity contribution is -0.140. The second kappa shape index (κ2) is 7.09. The molecule has 0 radical (unpaired) electrons. The topological polar surface area (TPSA) is 60.4 Å². The molecule has 12 heavy (non-hydrogen) atoms. The van der Waals surface area contributed by atoms with Gasteiger partial charge in [-0.1, -0.05) is 6.92 Å². The summed E-state index contributed by atoms with van der Waals surface area (Å²) in [5.41, 5.74) is 0. The van der Waals surface area contributed by atoms with Crippen molar-refractivity contribution in [1.29, 1.82) is 0 Å². The minimum atomic E-state index is -2.66. The summed E-state index contributed by atoms with van der Waals surface area (Å²) in [5.74, 6) is 0.0324. The van der Waals surface area contributed by atoms with E-state index in [2.05, 4.69) is 4.74 Å². The van der Waals surface area contributed by atoms with Crippen molar-refractivity contribution in [2.75, 3.05) is 18.6 Å². The zero-order chi connectivity index (χ0) is 10.2. The predicted molar refractivity (Wildman–Crippen MR) is 47.7 cm³/mol. The molecule has 0 fully saturated rings. The zero-order valence-corrected chi connectivity index (χ0v) is 8.77. The fourth-order valence-electron chi connectivity index (χ4n) is 0.203. The van der Waals surface area contributed by atoms with Gasteiger partial charge in [-0.3, -0.25) is 4.79 Å². The van der Waals surface area contributed by atoms with E-state index < -0.39 is 9.84 Å². The van der Waals surface area contributed by atoms with Crippen LogP contribution in [0.25, 0.3) is 0 Å². The maximum Gasteiger partial charge on any atom is 0.302 e. The standard InChI is InChI=1S/C4H8O2.C3H8O2S/c1-3-6-4(2)5;1-3-6(2,4)5/h2*3H2,1-2H3. The van der Waals surface area contributed by atoms with E-state index in [0.29, 0.717) is 6.61 Å². The maximum absolute atomic E-state index is 10.0. The van der Waals surface area contributed by atoms with Gasteiger partial charge in [-0.25, -0.2) is 8.42 Å². The minimum absolute atomic E-state index is 0.211. The first-order valence-electron chi connectivity index (χ1n) is 3.64. The SMILES string of the molecule is CCOC(C)=O.CCS(C)(=O)=O. The van der Waals surface area contributed by atoms with Crippen molar-refractivity contribution < 1.29 is 17.9 Å². The second-order valence-electron chi connectivity index (χ2n) is 2.14. The number of hydrogen-bond acceptors (Lipinski definition) is 4. The molecule has 0 aromatic carbocycles. The first-order valence-corrected chi connectivity index (χ1v) is 5.70. The van der Waals surface area contributed by atoms with Gasteiger partial charge in [-0.2, -0.15) is 0 Å². The Bertz CT molecular complexity index is 205. The Hall–Kier alpha value is -0.580. The van der Waals surface area contributed by atoms with Gasteiger partial charge in [0, 0.05) is 18.9 Å². The average Bonchev–Trinajstić information content (AvgIpc) is 1.87. The molecular formula is C7H16O4S. The van der Waals surface area contributed by atoms with Crippen LogP contribution in [0.3, 0.4) is 0 Å². The summed E-state index contributed by atoms with van der Waals surface area (Å²) in [6.07, 6.45) is 1.22. The molecule has 0 unspecified atom stereocenters. The Balaban J connectivity index is 0. The summed E-state index contributed by atoms with van der Waals surface area (Å²) >= 11 is 0. The molecule has 0 rings (SSSR count). The summed E-state index contributed by atoms with van der Waals surface area (Å²) in [6.45, 7) is 5.27. The molecule has 0 N–H and O–H groups in total. The lowest BCUT2D eigenvalue weighted by Crippen LogP contribution is -1.96. The zero-order valence-electron chi connectivity index (χ0n) is 7.96. The van der Waals surface area contributed by atoms with Crippen molar-refractivity contribution in [2.24, 2.45) is 0 Å². The lowest BCUT2D eigenvalue weighted by atomic mass is 10.8. The highest BCUT2D eigenvalue weighted by atomic mass is 32.2. The molecule has 0 saturated heterocycles. The van der Waals surface area contributed by atoms with E-state index in [1.165, 1.54) is 13.2 Å². The normalized spacial score (nSPS) is 9.67. The van der Waals surface area contributed by atoms with Gasteiger partial charge >= 0.3 is 5.97 Å². The van der Waals surface area contributed by atoms with Crippen LogP contribution in [0.2, 0.25) is 0 Å². The number of carbonyl (C=O) groups excluding carboxylic acids is 1. The van der Waals surface area contributed by atoms with Crippen LogP contribution in [-0.2, 0) is 19.4 Å². The summed E-state index contributed by atoms with van der Waals surface area (Å²) in [5, 5.41) is 0. The second-order valence-corrected chi connectivity index (χ2v) is 4.57. The third kappa shape index (κ3) is 22.7. The van der Waals surface area contributed by atoms with E-state index in [9.17, 15) is 13.2 Å².